The van der Waals surface area contributed by atoms with Gasteiger partial charge in [-0.15, -0.1) is 0 Å². The Hall–Kier alpha value is -2.78. The lowest BCUT2D eigenvalue weighted by Crippen LogP contribution is -2.51. The highest BCUT2D eigenvalue weighted by Crippen LogP contribution is 2.28. The number of anilines is 1. The minimum absolute atomic E-state index is 0.00715. The lowest BCUT2D eigenvalue weighted by atomic mass is 10.0. The molecule has 0 fully saturated rings. The SMILES string of the molecule is Cc1ccc(Cl)cc1N(CCCC(=O)N(Cc1ccc(Cl)c(Cl)c1)[C@@H](Cc1ccccc1)C(=O)NC(C)C)S(C)(=O)=O. The third-order valence-corrected chi connectivity index (χ3v) is 8.79. The molecule has 1 N–H and O–H groups in total. The van der Waals surface area contributed by atoms with Gasteiger partial charge in [0.25, 0.3) is 0 Å². The molecule has 2 amide bonds. The van der Waals surface area contributed by atoms with E-state index in [1.165, 1.54) is 4.31 Å². The van der Waals surface area contributed by atoms with Gasteiger partial charge in [0.05, 0.1) is 22.0 Å². The quantitative estimate of drug-likeness (QED) is 0.224. The van der Waals surface area contributed by atoms with Crippen molar-refractivity contribution in [1.82, 2.24) is 10.2 Å². The van der Waals surface area contributed by atoms with E-state index < -0.39 is 16.1 Å². The lowest BCUT2D eigenvalue weighted by Gasteiger charge is -2.32. The Balaban J connectivity index is 1.92. The van der Waals surface area contributed by atoms with Crippen LogP contribution in [0.15, 0.2) is 66.7 Å². The molecule has 42 heavy (non-hydrogen) atoms. The number of hydrogen-bond donors (Lipinski definition) is 1. The first-order valence-corrected chi connectivity index (χ1v) is 16.6. The predicted molar refractivity (Wildman–Crippen MR) is 172 cm³/mol. The molecule has 0 radical (unpaired) electrons. The molecule has 0 aliphatic carbocycles. The lowest BCUT2D eigenvalue weighted by molar-refractivity contribution is -0.141. The molecule has 11 heteroatoms. The minimum Gasteiger partial charge on any atom is -0.352 e. The van der Waals surface area contributed by atoms with E-state index in [4.69, 9.17) is 34.8 Å². The first-order valence-electron chi connectivity index (χ1n) is 13.6. The maximum absolute atomic E-state index is 13.9. The van der Waals surface area contributed by atoms with Gasteiger partial charge in [-0.3, -0.25) is 13.9 Å². The Morgan fingerprint density at radius 2 is 1.60 bits per heavy atom. The van der Waals surface area contributed by atoms with Crippen LogP contribution in [0.1, 0.15) is 43.4 Å². The van der Waals surface area contributed by atoms with Crippen LogP contribution >= 0.6 is 34.8 Å². The highest BCUT2D eigenvalue weighted by Gasteiger charge is 2.31. The molecule has 3 rings (SSSR count). The zero-order valence-corrected chi connectivity index (χ0v) is 27.2. The van der Waals surface area contributed by atoms with Gasteiger partial charge >= 0.3 is 0 Å². The molecule has 1 atom stereocenters. The van der Waals surface area contributed by atoms with Gasteiger partial charge in [-0.25, -0.2) is 8.42 Å². The Kier molecular flexibility index (Phi) is 12.1. The number of sulfonamides is 1. The van der Waals surface area contributed by atoms with Crippen LogP contribution in [0.25, 0.3) is 0 Å². The number of carbonyl (C=O) groups is 2. The number of benzene rings is 3. The molecular formula is C31H36Cl3N3O4S. The molecule has 0 aliphatic rings. The first-order chi connectivity index (χ1) is 19.8. The van der Waals surface area contributed by atoms with E-state index in [0.717, 1.165) is 17.4 Å². The van der Waals surface area contributed by atoms with Crippen LogP contribution < -0.4 is 9.62 Å². The Morgan fingerprint density at radius 1 is 0.905 bits per heavy atom. The topological polar surface area (TPSA) is 86.8 Å². The molecule has 0 heterocycles. The Morgan fingerprint density at radius 3 is 2.21 bits per heavy atom. The van der Waals surface area contributed by atoms with E-state index in [0.29, 0.717) is 32.7 Å². The molecule has 3 aromatic carbocycles. The van der Waals surface area contributed by atoms with Gasteiger partial charge in [-0.1, -0.05) is 77.3 Å². The summed E-state index contributed by atoms with van der Waals surface area (Å²) < 4.78 is 26.7. The van der Waals surface area contributed by atoms with Crippen molar-refractivity contribution in [3.63, 3.8) is 0 Å². The highest BCUT2D eigenvalue weighted by molar-refractivity contribution is 7.92. The van der Waals surface area contributed by atoms with Crippen LogP contribution in [-0.4, -0.2) is 50.0 Å². The molecule has 3 aromatic rings. The number of carbonyl (C=O) groups excluding carboxylic acids is 2. The fraction of sp³-hybridized carbons (Fsp3) is 0.355. The Labute approximate surface area is 263 Å². The van der Waals surface area contributed by atoms with Crippen LogP contribution in [0, 0.1) is 6.92 Å². The van der Waals surface area contributed by atoms with Crippen LogP contribution in [-0.2, 0) is 32.6 Å². The summed E-state index contributed by atoms with van der Waals surface area (Å²) in [4.78, 5) is 29.0. The highest BCUT2D eigenvalue weighted by atomic mass is 35.5. The van der Waals surface area contributed by atoms with E-state index in [2.05, 4.69) is 5.32 Å². The number of rotatable bonds is 13. The monoisotopic (exact) mass is 651 g/mol. The summed E-state index contributed by atoms with van der Waals surface area (Å²) in [7, 11) is -3.66. The summed E-state index contributed by atoms with van der Waals surface area (Å²) in [6, 6.07) is 18.7. The minimum atomic E-state index is -3.66. The standard InChI is InChI=1S/C31H36Cl3N3O4S/c1-21(2)35-31(39)29(18-23-9-6-5-7-10-23)36(20-24-13-15-26(33)27(34)17-24)30(38)11-8-16-37(42(4,40)41)28-19-25(32)14-12-22(28)3/h5-7,9-10,12-15,17,19,21,29H,8,11,16,18,20H2,1-4H3,(H,35,39)/t29-/m0/s1. The molecule has 0 aromatic heterocycles. The largest absolute Gasteiger partial charge is 0.352 e. The van der Waals surface area contributed by atoms with Crippen LogP contribution in [0.2, 0.25) is 15.1 Å². The number of aryl methyl sites for hydroxylation is 1. The predicted octanol–water partition coefficient (Wildman–Crippen LogP) is 6.67. The fourth-order valence-electron chi connectivity index (χ4n) is 4.60. The second kappa shape index (κ2) is 15.1. The summed E-state index contributed by atoms with van der Waals surface area (Å²) >= 11 is 18.6. The molecule has 226 valence electrons. The smallest absolute Gasteiger partial charge is 0.243 e. The summed E-state index contributed by atoms with van der Waals surface area (Å²) in [5, 5.41) is 4.09. The number of hydrogen-bond acceptors (Lipinski definition) is 4. The number of nitrogens with zero attached hydrogens (tertiary/aromatic N) is 2. The van der Waals surface area contributed by atoms with E-state index in [9.17, 15) is 18.0 Å². The molecule has 0 bridgehead atoms. The van der Waals surface area contributed by atoms with Crippen molar-refractivity contribution in [2.45, 2.75) is 58.7 Å². The zero-order valence-electron chi connectivity index (χ0n) is 24.1. The van der Waals surface area contributed by atoms with Crippen molar-refractivity contribution >= 4 is 62.3 Å². The fourth-order valence-corrected chi connectivity index (χ4v) is 6.10. The normalized spacial score (nSPS) is 12.2. The van der Waals surface area contributed by atoms with Crippen LogP contribution in [0.5, 0.6) is 0 Å². The summed E-state index contributed by atoms with van der Waals surface area (Å²) in [6.45, 7) is 5.70. The average molecular weight is 653 g/mol. The third-order valence-electron chi connectivity index (χ3n) is 6.63. The molecule has 0 unspecified atom stereocenters. The summed E-state index contributed by atoms with van der Waals surface area (Å²) in [5.41, 5.74) is 2.81. The maximum Gasteiger partial charge on any atom is 0.243 e. The first kappa shape index (κ1) is 33.7. The van der Waals surface area contributed by atoms with Crippen molar-refractivity contribution in [3.05, 3.63) is 98.5 Å². The van der Waals surface area contributed by atoms with Crippen molar-refractivity contribution in [2.75, 3.05) is 17.1 Å². The molecular weight excluding hydrogens is 617 g/mol. The van der Waals surface area contributed by atoms with Crippen molar-refractivity contribution < 1.29 is 18.0 Å². The second-order valence-corrected chi connectivity index (χ2v) is 13.7. The summed E-state index contributed by atoms with van der Waals surface area (Å²) in [5.74, 6) is -0.577. The zero-order chi connectivity index (χ0) is 31.0. The average Bonchev–Trinajstić information content (AvgIpc) is 2.91. The van der Waals surface area contributed by atoms with E-state index >= 15 is 0 Å². The van der Waals surface area contributed by atoms with Crippen molar-refractivity contribution in [1.29, 1.82) is 0 Å². The molecule has 0 saturated heterocycles. The second-order valence-electron chi connectivity index (χ2n) is 10.5. The summed E-state index contributed by atoms with van der Waals surface area (Å²) in [6.07, 6.45) is 1.65. The molecule has 0 spiro atoms. The van der Waals surface area contributed by atoms with Gasteiger partial charge in [-0.2, -0.15) is 0 Å². The molecule has 0 saturated carbocycles. The van der Waals surface area contributed by atoms with Gasteiger partial charge in [-0.05, 0) is 68.1 Å². The maximum atomic E-state index is 13.9. The van der Waals surface area contributed by atoms with Gasteiger partial charge in [0, 0.05) is 37.0 Å². The van der Waals surface area contributed by atoms with Crippen molar-refractivity contribution in [3.8, 4) is 0 Å². The molecule has 7 nitrogen and oxygen atoms in total. The van der Waals surface area contributed by atoms with Crippen LogP contribution in [0.4, 0.5) is 5.69 Å². The molecule has 0 aliphatic heterocycles. The number of nitrogens with one attached hydrogen (secondary N) is 1. The van der Waals surface area contributed by atoms with Crippen molar-refractivity contribution in [2.24, 2.45) is 0 Å². The van der Waals surface area contributed by atoms with Gasteiger partial charge < -0.3 is 10.2 Å². The Bertz CT molecular complexity index is 1500. The van der Waals surface area contributed by atoms with E-state index in [-0.39, 0.29) is 43.8 Å². The third kappa shape index (κ3) is 9.63. The van der Waals surface area contributed by atoms with Gasteiger partial charge in [0.15, 0.2) is 0 Å². The van der Waals surface area contributed by atoms with Crippen LogP contribution in [0.3, 0.4) is 0 Å². The number of amides is 2. The van der Waals surface area contributed by atoms with E-state index in [1.54, 1.807) is 48.2 Å². The number of halogens is 3. The van der Waals surface area contributed by atoms with Gasteiger partial charge in [0.1, 0.15) is 6.04 Å². The van der Waals surface area contributed by atoms with Gasteiger partial charge in [0.2, 0.25) is 21.8 Å². The van der Waals surface area contributed by atoms with E-state index in [1.807, 2.05) is 44.2 Å².